The molecule has 1 atom stereocenters. The van der Waals surface area contributed by atoms with E-state index in [1.54, 1.807) is 7.11 Å². The summed E-state index contributed by atoms with van der Waals surface area (Å²) in [4.78, 5) is 26.8. The topological polar surface area (TPSA) is 85.2 Å². The minimum Gasteiger partial charge on any atom is -0.497 e. The SMILES string of the molecule is COc1ccc(CC(CC(=O)Cc2ccc(C3CC3)cc2)c2noc(=O)[nH]2)cc1. The smallest absolute Gasteiger partial charge is 0.438 e. The van der Waals surface area contributed by atoms with E-state index in [9.17, 15) is 9.59 Å². The molecule has 0 spiro atoms. The van der Waals surface area contributed by atoms with Crippen molar-refractivity contribution in [3.8, 4) is 5.75 Å². The highest BCUT2D eigenvalue weighted by Gasteiger charge is 2.24. The number of rotatable bonds is 9. The van der Waals surface area contributed by atoms with Crippen molar-refractivity contribution in [3.63, 3.8) is 0 Å². The van der Waals surface area contributed by atoms with Crippen LogP contribution in [0.2, 0.25) is 0 Å². The number of benzene rings is 2. The molecule has 0 aliphatic heterocycles. The second-order valence-corrected chi connectivity index (χ2v) is 7.66. The van der Waals surface area contributed by atoms with Gasteiger partial charge in [0.1, 0.15) is 11.5 Å². The van der Waals surface area contributed by atoms with Crippen LogP contribution in [-0.2, 0) is 17.6 Å². The highest BCUT2D eigenvalue weighted by molar-refractivity contribution is 5.81. The molecule has 2 aromatic carbocycles. The van der Waals surface area contributed by atoms with Gasteiger partial charge >= 0.3 is 5.76 Å². The van der Waals surface area contributed by atoms with Crippen LogP contribution in [0.5, 0.6) is 5.75 Å². The highest BCUT2D eigenvalue weighted by atomic mass is 16.5. The van der Waals surface area contributed by atoms with E-state index in [1.165, 1.54) is 18.4 Å². The number of aromatic nitrogens is 2. The van der Waals surface area contributed by atoms with Crippen LogP contribution < -0.4 is 10.5 Å². The lowest BCUT2D eigenvalue weighted by Crippen LogP contribution is -2.14. The number of ether oxygens (including phenoxy) is 1. The molecule has 0 saturated heterocycles. The first-order valence-electron chi connectivity index (χ1n) is 9.90. The Labute approximate surface area is 168 Å². The molecule has 4 rings (SSSR count). The Morgan fingerprint density at radius 2 is 1.83 bits per heavy atom. The molecule has 0 bridgehead atoms. The Bertz CT molecular complexity index is 1010. The van der Waals surface area contributed by atoms with E-state index in [1.807, 2.05) is 36.4 Å². The lowest BCUT2D eigenvalue weighted by atomic mass is 9.91. The van der Waals surface area contributed by atoms with Crippen molar-refractivity contribution in [2.75, 3.05) is 7.11 Å². The average Bonchev–Trinajstić information content (AvgIpc) is 3.49. The number of carbonyl (C=O) groups excluding carboxylic acids is 1. The standard InChI is InChI=1S/C23H24N2O4/c1-28-21-10-4-15(5-11-21)12-19(22-24-23(27)29-25-22)14-20(26)13-16-2-6-17(7-3-16)18-8-9-18/h2-7,10-11,18-19H,8-9,12-14H2,1H3,(H,24,25,27). The predicted octanol–water partition coefficient (Wildman–Crippen LogP) is 3.78. The third-order valence-corrected chi connectivity index (χ3v) is 5.39. The molecule has 1 N–H and O–H groups in total. The van der Waals surface area contributed by atoms with Gasteiger partial charge in [-0.15, -0.1) is 0 Å². The van der Waals surface area contributed by atoms with Crippen LogP contribution >= 0.6 is 0 Å². The number of carbonyl (C=O) groups is 1. The predicted molar refractivity (Wildman–Crippen MR) is 108 cm³/mol. The zero-order valence-corrected chi connectivity index (χ0v) is 16.4. The molecule has 1 unspecified atom stereocenters. The Morgan fingerprint density at radius 3 is 2.41 bits per heavy atom. The summed E-state index contributed by atoms with van der Waals surface area (Å²) in [5, 5.41) is 3.82. The van der Waals surface area contributed by atoms with Crippen molar-refractivity contribution in [1.29, 1.82) is 0 Å². The van der Waals surface area contributed by atoms with Gasteiger partial charge in [-0.3, -0.25) is 14.3 Å². The summed E-state index contributed by atoms with van der Waals surface area (Å²) < 4.78 is 9.86. The van der Waals surface area contributed by atoms with Gasteiger partial charge in [0.2, 0.25) is 0 Å². The zero-order valence-electron chi connectivity index (χ0n) is 16.4. The Morgan fingerprint density at radius 1 is 1.14 bits per heavy atom. The summed E-state index contributed by atoms with van der Waals surface area (Å²) >= 11 is 0. The number of methoxy groups -OCH3 is 1. The molecule has 0 amide bonds. The molecular formula is C23H24N2O4. The van der Waals surface area contributed by atoms with E-state index < -0.39 is 5.76 Å². The maximum absolute atomic E-state index is 12.8. The van der Waals surface area contributed by atoms with E-state index in [0.717, 1.165) is 16.9 Å². The number of Topliss-reactive ketones (excluding diaryl/α,β-unsaturated/α-hetero) is 1. The first-order valence-corrected chi connectivity index (χ1v) is 9.90. The fraction of sp³-hybridized carbons (Fsp3) is 0.348. The van der Waals surface area contributed by atoms with E-state index >= 15 is 0 Å². The van der Waals surface area contributed by atoms with Gasteiger partial charge in [-0.2, -0.15) is 0 Å². The van der Waals surface area contributed by atoms with Crippen LogP contribution in [0.1, 0.15) is 53.6 Å². The van der Waals surface area contributed by atoms with Gasteiger partial charge < -0.3 is 4.74 Å². The maximum Gasteiger partial charge on any atom is 0.438 e. The first kappa shape index (κ1) is 19.2. The number of aromatic amines is 1. The monoisotopic (exact) mass is 392 g/mol. The van der Waals surface area contributed by atoms with Gasteiger partial charge in [0.15, 0.2) is 5.82 Å². The number of H-pyrrole nitrogens is 1. The molecule has 150 valence electrons. The second kappa shape index (κ2) is 8.47. The number of hydrogen-bond donors (Lipinski definition) is 1. The van der Waals surface area contributed by atoms with Crippen molar-refractivity contribution in [3.05, 3.63) is 81.6 Å². The average molecular weight is 392 g/mol. The van der Waals surface area contributed by atoms with E-state index in [0.29, 0.717) is 24.6 Å². The number of ketones is 1. The van der Waals surface area contributed by atoms with Crippen LogP contribution in [0.4, 0.5) is 0 Å². The third-order valence-electron chi connectivity index (χ3n) is 5.39. The van der Waals surface area contributed by atoms with Crippen LogP contribution in [0.3, 0.4) is 0 Å². The summed E-state index contributed by atoms with van der Waals surface area (Å²) in [5.41, 5.74) is 3.40. The molecule has 3 aromatic rings. The Balaban J connectivity index is 1.44. The lowest BCUT2D eigenvalue weighted by Gasteiger charge is -2.14. The van der Waals surface area contributed by atoms with Gasteiger partial charge in [0, 0.05) is 18.8 Å². The summed E-state index contributed by atoms with van der Waals surface area (Å²) in [5.74, 6) is 1.12. The van der Waals surface area contributed by atoms with Gasteiger partial charge in [0.05, 0.1) is 7.11 Å². The van der Waals surface area contributed by atoms with Gasteiger partial charge in [-0.25, -0.2) is 4.79 Å². The molecule has 1 aliphatic carbocycles. The maximum atomic E-state index is 12.8. The van der Waals surface area contributed by atoms with Crippen LogP contribution in [-0.4, -0.2) is 23.0 Å². The molecule has 1 heterocycles. The zero-order chi connectivity index (χ0) is 20.2. The summed E-state index contributed by atoms with van der Waals surface area (Å²) in [6, 6.07) is 16.0. The minimum atomic E-state index is -0.608. The minimum absolute atomic E-state index is 0.103. The first-order chi connectivity index (χ1) is 14.1. The molecule has 1 aromatic heterocycles. The summed E-state index contributed by atoms with van der Waals surface area (Å²) in [6.07, 6.45) is 3.74. The molecule has 1 aliphatic rings. The molecule has 6 nitrogen and oxygen atoms in total. The third kappa shape index (κ3) is 5.02. The van der Waals surface area contributed by atoms with Crippen LogP contribution in [0.25, 0.3) is 0 Å². The van der Waals surface area contributed by atoms with Gasteiger partial charge in [-0.1, -0.05) is 41.6 Å². The number of nitrogens with zero attached hydrogens (tertiary/aromatic N) is 1. The summed E-state index contributed by atoms with van der Waals surface area (Å²) in [6.45, 7) is 0. The fourth-order valence-corrected chi connectivity index (χ4v) is 3.63. The molecular weight excluding hydrogens is 368 g/mol. The van der Waals surface area contributed by atoms with Crippen LogP contribution in [0.15, 0.2) is 57.8 Å². The Kier molecular flexibility index (Phi) is 5.60. The van der Waals surface area contributed by atoms with Crippen molar-refractivity contribution in [2.45, 2.75) is 43.9 Å². The molecule has 1 fully saturated rings. The molecule has 0 radical (unpaired) electrons. The van der Waals surface area contributed by atoms with Crippen molar-refractivity contribution in [2.24, 2.45) is 0 Å². The van der Waals surface area contributed by atoms with Gasteiger partial charge in [-0.05, 0) is 54.0 Å². The summed E-state index contributed by atoms with van der Waals surface area (Å²) in [7, 11) is 1.62. The fourth-order valence-electron chi connectivity index (χ4n) is 3.63. The van der Waals surface area contributed by atoms with Crippen molar-refractivity contribution >= 4 is 5.78 Å². The van der Waals surface area contributed by atoms with Gasteiger partial charge in [0.25, 0.3) is 0 Å². The van der Waals surface area contributed by atoms with E-state index in [2.05, 4.69) is 26.8 Å². The highest BCUT2D eigenvalue weighted by Crippen LogP contribution is 2.39. The molecule has 6 heteroatoms. The van der Waals surface area contributed by atoms with Crippen molar-refractivity contribution < 1.29 is 14.1 Å². The quantitative estimate of drug-likeness (QED) is 0.599. The Hall–Kier alpha value is -3.15. The number of nitrogens with one attached hydrogen (secondary N) is 1. The molecule has 29 heavy (non-hydrogen) atoms. The largest absolute Gasteiger partial charge is 0.497 e. The van der Waals surface area contributed by atoms with E-state index in [-0.39, 0.29) is 18.1 Å². The number of hydrogen-bond acceptors (Lipinski definition) is 5. The normalized spacial score (nSPS) is 14.5. The van der Waals surface area contributed by atoms with Crippen LogP contribution in [0, 0.1) is 0 Å². The molecule has 1 saturated carbocycles. The van der Waals surface area contributed by atoms with E-state index in [4.69, 9.17) is 4.74 Å². The van der Waals surface area contributed by atoms with Crippen molar-refractivity contribution in [1.82, 2.24) is 10.1 Å². The lowest BCUT2D eigenvalue weighted by molar-refractivity contribution is -0.118. The second-order valence-electron chi connectivity index (χ2n) is 7.66.